The number of cyclic esters (lactones) is 1. The van der Waals surface area contributed by atoms with Gasteiger partial charge < -0.3 is 9.84 Å². The monoisotopic (exact) mass is 372 g/mol. The topological polar surface area (TPSA) is 46.5 Å². The van der Waals surface area contributed by atoms with Gasteiger partial charge in [-0.05, 0) is 93.3 Å². The second-order valence-corrected chi connectivity index (χ2v) is 11.1. The minimum Gasteiger partial charge on any atom is -0.459 e. The van der Waals surface area contributed by atoms with Crippen LogP contribution in [-0.4, -0.2) is 22.8 Å². The highest BCUT2D eigenvalue weighted by Gasteiger charge is 2.62. The summed E-state index contributed by atoms with van der Waals surface area (Å²) in [6.07, 6.45) is 13.2. The molecule has 4 fully saturated rings. The molecular formula is C24H36O3. The number of allylic oxidation sites excluding steroid dienone is 1. The van der Waals surface area contributed by atoms with E-state index >= 15 is 0 Å². The van der Waals surface area contributed by atoms with Gasteiger partial charge in [0, 0.05) is 12.3 Å². The molecule has 150 valence electrons. The van der Waals surface area contributed by atoms with E-state index in [1.165, 1.54) is 32.1 Å². The van der Waals surface area contributed by atoms with Crippen LogP contribution in [0.1, 0.15) is 85.0 Å². The summed E-state index contributed by atoms with van der Waals surface area (Å²) >= 11 is 0. The van der Waals surface area contributed by atoms with E-state index in [1.807, 2.05) is 0 Å². The summed E-state index contributed by atoms with van der Waals surface area (Å²) in [5.74, 6) is 2.85. The standard InChI is InChI=1S/C24H36O3/c1-22-11-8-16(25)14-15(22)4-5-17-18-6-7-20(23(18,2)12-9-19(17)22)24(3)13-10-21(26)27-24/h4,16-20,25H,5-14H2,1-3H3/t16-,17+,18+,19-,20+,22-,23-,24+/m0/s1. The highest BCUT2D eigenvalue weighted by Crippen LogP contribution is 2.68. The number of hydrogen-bond acceptors (Lipinski definition) is 3. The number of esters is 1. The largest absolute Gasteiger partial charge is 0.459 e. The second kappa shape index (κ2) is 5.84. The Morgan fingerprint density at radius 1 is 1.04 bits per heavy atom. The van der Waals surface area contributed by atoms with E-state index in [2.05, 4.69) is 26.8 Å². The molecule has 0 amide bonds. The van der Waals surface area contributed by atoms with Crippen molar-refractivity contribution in [2.75, 3.05) is 0 Å². The van der Waals surface area contributed by atoms with Gasteiger partial charge in [-0.1, -0.05) is 25.5 Å². The molecule has 0 unspecified atom stereocenters. The van der Waals surface area contributed by atoms with Crippen LogP contribution in [0, 0.1) is 34.5 Å². The minimum atomic E-state index is -0.234. The summed E-state index contributed by atoms with van der Waals surface area (Å²) < 4.78 is 5.92. The lowest BCUT2D eigenvalue weighted by Gasteiger charge is -2.58. The summed E-state index contributed by atoms with van der Waals surface area (Å²) in [5, 5.41) is 10.2. The summed E-state index contributed by atoms with van der Waals surface area (Å²) in [6, 6.07) is 0. The van der Waals surface area contributed by atoms with Gasteiger partial charge in [0.2, 0.25) is 0 Å². The van der Waals surface area contributed by atoms with Gasteiger partial charge >= 0.3 is 5.97 Å². The fourth-order valence-electron chi connectivity index (χ4n) is 8.60. The van der Waals surface area contributed by atoms with Crippen molar-refractivity contribution >= 4 is 5.97 Å². The van der Waals surface area contributed by atoms with Crippen molar-refractivity contribution in [3.63, 3.8) is 0 Å². The molecule has 0 aromatic rings. The average Bonchev–Trinajstić information content (AvgIpc) is 3.15. The van der Waals surface area contributed by atoms with Gasteiger partial charge in [0.15, 0.2) is 0 Å². The smallest absolute Gasteiger partial charge is 0.306 e. The highest BCUT2D eigenvalue weighted by molar-refractivity contribution is 5.72. The molecule has 1 heterocycles. The SMILES string of the molecule is C[C@]12CC[C@H]3[C@H](CC=C4C[C@@H](O)CC[C@@]43C)[C@H]1CC[C@H]2[C@@]1(C)CCC(=O)O1. The number of fused-ring (bicyclic) bond motifs is 5. The van der Waals surface area contributed by atoms with Gasteiger partial charge in [-0.3, -0.25) is 4.79 Å². The fourth-order valence-corrected chi connectivity index (χ4v) is 8.60. The highest BCUT2D eigenvalue weighted by atomic mass is 16.6. The molecule has 0 aromatic carbocycles. The van der Waals surface area contributed by atoms with Crippen LogP contribution >= 0.6 is 0 Å². The molecule has 3 saturated carbocycles. The molecule has 1 N–H and O–H groups in total. The Balaban J connectivity index is 1.44. The zero-order valence-electron chi connectivity index (χ0n) is 17.3. The van der Waals surface area contributed by atoms with Gasteiger partial charge in [-0.15, -0.1) is 0 Å². The van der Waals surface area contributed by atoms with E-state index < -0.39 is 0 Å². The number of ether oxygens (including phenoxy) is 1. The maximum absolute atomic E-state index is 11.9. The molecule has 5 rings (SSSR count). The molecule has 4 aliphatic carbocycles. The summed E-state index contributed by atoms with van der Waals surface area (Å²) in [7, 11) is 0. The third-order valence-electron chi connectivity index (χ3n) is 9.99. The Bertz CT molecular complexity index is 683. The number of aliphatic hydroxyl groups excluding tert-OH is 1. The van der Waals surface area contributed by atoms with Crippen molar-refractivity contribution in [3.05, 3.63) is 11.6 Å². The molecule has 3 nitrogen and oxygen atoms in total. The van der Waals surface area contributed by atoms with E-state index in [-0.39, 0.29) is 17.7 Å². The van der Waals surface area contributed by atoms with Gasteiger partial charge in [-0.2, -0.15) is 0 Å². The van der Waals surface area contributed by atoms with Crippen molar-refractivity contribution in [3.8, 4) is 0 Å². The predicted octanol–water partition coefficient (Wildman–Crippen LogP) is 5.02. The molecule has 0 radical (unpaired) electrons. The Hall–Kier alpha value is -0.830. The van der Waals surface area contributed by atoms with Crippen molar-refractivity contribution in [2.24, 2.45) is 34.5 Å². The van der Waals surface area contributed by atoms with Crippen molar-refractivity contribution in [1.82, 2.24) is 0 Å². The minimum absolute atomic E-state index is 0.0109. The van der Waals surface area contributed by atoms with E-state index in [0.717, 1.165) is 43.4 Å². The van der Waals surface area contributed by atoms with E-state index in [1.54, 1.807) is 5.57 Å². The average molecular weight is 373 g/mol. The Morgan fingerprint density at radius 2 is 1.85 bits per heavy atom. The summed E-state index contributed by atoms with van der Waals surface area (Å²) in [6.45, 7) is 7.23. The van der Waals surface area contributed by atoms with Crippen LogP contribution in [0.25, 0.3) is 0 Å². The molecule has 1 aliphatic heterocycles. The van der Waals surface area contributed by atoms with Crippen molar-refractivity contribution < 1.29 is 14.6 Å². The van der Waals surface area contributed by atoms with Gasteiger partial charge in [0.05, 0.1) is 6.10 Å². The molecule has 1 saturated heterocycles. The lowest BCUT2D eigenvalue weighted by molar-refractivity contribution is -0.158. The number of carbonyl (C=O) groups is 1. The van der Waals surface area contributed by atoms with Crippen LogP contribution in [0.15, 0.2) is 11.6 Å². The predicted molar refractivity (Wildman–Crippen MR) is 105 cm³/mol. The van der Waals surface area contributed by atoms with Crippen molar-refractivity contribution in [2.45, 2.75) is 96.7 Å². The van der Waals surface area contributed by atoms with Gasteiger partial charge in [0.25, 0.3) is 0 Å². The van der Waals surface area contributed by atoms with Crippen LogP contribution in [-0.2, 0) is 9.53 Å². The Kier molecular flexibility index (Phi) is 3.94. The zero-order chi connectivity index (χ0) is 19.0. The normalized spacial score (nSPS) is 54.6. The molecular weight excluding hydrogens is 336 g/mol. The maximum atomic E-state index is 11.9. The van der Waals surface area contributed by atoms with Gasteiger partial charge in [0.1, 0.15) is 5.60 Å². The summed E-state index contributed by atoms with van der Waals surface area (Å²) in [5.41, 5.74) is 1.95. The second-order valence-electron chi connectivity index (χ2n) is 11.1. The van der Waals surface area contributed by atoms with E-state index in [0.29, 0.717) is 23.2 Å². The molecule has 0 spiro atoms. The molecule has 27 heavy (non-hydrogen) atoms. The number of hydrogen-bond donors (Lipinski definition) is 1. The molecule has 8 atom stereocenters. The van der Waals surface area contributed by atoms with Gasteiger partial charge in [-0.25, -0.2) is 0 Å². The number of aliphatic hydroxyl groups is 1. The first-order valence-electron chi connectivity index (χ1n) is 11.4. The Labute approximate surface area is 163 Å². The first-order valence-corrected chi connectivity index (χ1v) is 11.4. The first kappa shape index (κ1) is 18.2. The number of rotatable bonds is 1. The maximum Gasteiger partial charge on any atom is 0.306 e. The molecule has 0 aromatic heterocycles. The molecule has 3 heteroatoms. The third-order valence-corrected chi connectivity index (χ3v) is 9.99. The van der Waals surface area contributed by atoms with Crippen molar-refractivity contribution in [1.29, 1.82) is 0 Å². The Morgan fingerprint density at radius 3 is 2.59 bits per heavy atom. The van der Waals surface area contributed by atoms with Crippen LogP contribution in [0.5, 0.6) is 0 Å². The zero-order valence-corrected chi connectivity index (χ0v) is 17.3. The summed E-state index contributed by atoms with van der Waals surface area (Å²) in [4.78, 5) is 11.9. The number of carbonyl (C=O) groups excluding carboxylic acids is 1. The van der Waals surface area contributed by atoms with E-state index in [9.17, 15) is 9.90 Å². The van der Waals surface area contributed by atoms with Crippen LogP contribution in [0.2, 0.25) is 0 Å². The van der Waals surface area contributed by atoms with Crippen LogP contribution in [0.4, 0.5) is 0 Å². The fraction of sp³-hybridized carbons (Fsp3) is 0.875. The third kappa shape index (κ3) is 2.46. The quantitative estimate of drug-likeness (QED) is 0.519. The lowest BCUT2D eigenvalue weighted by atomic mass is 9.46. The van der Waals surface area contributed by atoms with E-state index in [4.69, 9.17) is 4.74 Å². The first-order chi connectivity index (χ1) is 12.8. The van der Waals surface area contributed by atoms with Crippen LogP contribution < -0.4 is 0 Å². The van der Waals surface area contributed by atoms with Crippen LogP contribution in [0.3, 0.4) is 0 Å². The molecule has 5 aliphatic rings. The lowest BCUT2D eigenvalue weighted by Crippen LogP contribution is -2.53. The molecule has 0 bridgehead atoms.